The van der Waals surface area contributed by atoms with Crippen molar-refractivity contribution in [1.29, 1.82) is 0 Å². The van der Waals surface area contributed by atoms with Crippen LogP contribution in [0.5, 0.6) is 0 Å². The van der Waals surface area contributed by atoms with Gasteiger partial charge in [-0.05, 0) is 18.9 Å². The van der Waals surface area contributed by atoms with Gasteiger partial charge in [-0.1, -0.05) is 32.0 Å². The first-order chi connectivity index (χ1) is 8.06. The van der Waals surface area contributed by atoms with E-state index in [1.165, 1.54) is 0 Å². The van der Waals surface area contributed by atoms with Crippen LogP contribution in [-0.4, -0.2) is 24.9 Å². The third-order valence-corrected chi connectivity index (χ3v) is 2.90. The second-order valence-corrected chi connectivity index (χ2v) is 4.71. The van der Waals surface area contributed by atoms with Crippen LogP contribution >= 0.6 is 0 Å². The molecule has 17 heavy (non-hydrogen) atoms. The van der Waals surface area contributed by atoms with Gasteiger partial charge in [0.2, 0.25) is 0 Å². The lowest BCUT2D eigenvalue weighted by molar-refractivity contribution is 0.170. The van der Waals surface area contributed by atoms with Gasteiger partial charge in [0, 0.05) is 18.4 Å². The largest absolute Gasteiger partial charge is 0.389 e. The summed E-state index contributed by atoms with van der Waals surface area (Å²) in [6.45, 7) is 6.75. The number of rotatable bonds is 6. The third-order valence-electron chi connectivity index (χ3n) is 2.90. The molecule has 2 N–H and O–H groups in total. The molecular weight excluding hydrogens is 214 g/mol. The first kappa shape index (κ1) is 14.0. The van der Waals surface area contributed by atoms with Crippen molar-refractivity contribution in [1.82, 2.24) is 0 Å². The van der Waals surface area contributed by atoms with E-state index in [1.54, 1.807) is 14.0 Å². The maximum absolute atomic E-state index is 9.71. The van der Waals surface area contributed by atoms with Crippen LogP contribution < -0.4 is 5.32 Å². The minimum absolute atomic E-state index is 0.250. The Kier molecular flexibility index (Phi) is 5.45. The Morgan fingerprint density at radius 3 is 2.41 bits per heavy atom. The normalized spacial score (nSPS) is 14.7. The van der Waals surface area contributed by atoms with Crippen LogP contribution in [0.15, 0.2) is 24.3 Å². The van der Waals surface area contributed by atoms with E-state index < -0.39 is 6.10 Å². The van der Waals surface area contributed by atoms with Crippen molar-refractivity contribution >= 4 is 5.69 Å². The van der Waals surface area contributed by atoms with Gasteiger partial charge in [-0.2, -0.15) is 0 Å². The molecule has 0 aliphatic carbocycles. The average Bonchev–Trinajstić information content (AvgIpc) is 2.28. The Labute approximate surface area is 104 Å². The predicted molar refractivity (Wildman–Crippen MR) is 71.2 cm³/mol. The number of aliphatic hydroxyl groups excluding tert-OH is 1. The summed E-state index contributed by atoms with van der Waals surface area (Å²) in [6, 6.07) is 8.09. The number of para-hydroxylation sites is 1. The Bertz CT molecular complexity index is 337. The molecule has 0 spiro atoms. The number of benzene rings is 1. The van der Waals surface area contributed by atoms with Crippen LogP contribution in [-0.2, 0) is 4.74 Å². The van der Waals surface area contributed by atoms with Gasteiger partial charge in [0.25, 0.3) is 0 Å². The molecule has 0 fully saturated rings. The van der Waals surface area contributed by atoms with Crippen LogP contribution in [0.2, 0.25) is 0 Å². The van der Waals surface area contributed by atoms with E-state index in [0.717, 1.165) is 11.3 Å². The van der Waals surface area contributed by atoms with E-state index in [0.29, 0.717) is 12.5 Å². The summed E-state index contributed by atoms with van der Waals surface area (Å²) in [5.41, 5.74) is 1.91. The van der Waals surface area contributed by atoms with E-state index in [-0.39, 0.29) is 6.04 Å². The van der Waals surface area contributed by atoms with E-state index in [9.17, 15) is 5.11 Å². The summed E-state index contributed by atoms with van der Waals surface area (Å²) < 4.78 is 5.21. The first-order valence-corrected chi connectivity index (χ1v) is 6.08. The quantitative estimate of drug-likeness (QED) is 0.799. The van der Waals surface area contributed by atoms with Crippen LogP contribution in [0, 0.1) is 5.92 Å². The molecule has 0 saturated carbocycles. The molecule has 1 aromatic rings. The highest BCUT2D eigenvalue weighted by Gasteiger charge is 2.15. The van der Waals surface area contributed by atoms with Gasteiger partial charge in [0.15, 0.2) is 0 Å². The molecule has 0 aliphatic rings. The number of aliphatic hydroxyl groups is 1. The van der Waals surface area contributed by atoms with Gasteiger partial charge in [-0.25, -0.2) is 0 Å². The highest BCUT2D eigenvalue weighted by molar-refractivity contribution is 5.52. The summed E-state index contributed by atoms with van der Waals surface area (Å²) >= 11 is 0. The average molecular weight is 237 g/mol. The van der Waals surface area contributed by atoms with E-state index in [4.69, 9.17) is 4.74 Å². The van der Waals surface area contributed by atoms with E-state index >= 15 is 0 Å². The molecular formula is C14H23NO2. The zero-order chi connectivity index (χ0) is 12.8. The predicted octanol–water partition coefficient (Wildman–Crippen LogP) is 2.82. The fourth-order valence-electron chi connectivity index (χ4n) is 1.77. The maximum Gasteiger partial charge on any atom is 0.0781 e. The molecule has 1 rings (SSSR count). The zero-order valence-electron chi connectivity index (χ0n) is 11.1. The first-order valence-electron chi connectivity index (χ1n) is 6.08. The summed E-state index contributed by atoms with van der Waals surface area (Å²) in [4.78, 5) is 0. The Hall–Kier alpha value is -1.06. The van der Waals surface area contributed by atoms with Crippen molar-refractivity contribution in [2.45, 2.75) is 32.9 Å². The molecule has 3 heteroatoms. The standard InChI is InChI=1S/C14H23NO2/c1-10(2)14(9-17-4)15-13-8-6-5-7-12(13)11(3)16/h5-8,10-11,14-16H,9H2,1-4H3. The number of methoxy groups -OCH3 is 1. The second kappa shape index (κ2) is 6.62. The monoisotopic (exact) mass is 237 g/mol. The van der Waals surface area contributed by atoms with E-state index in [2.05, 4.69) is 19.2 Å². The topological polar surface area (TPSA) is 41.5 Å². The molecule has 2 unspecified atom stereocenters. The van der Waals surface area contributed by atoms with Crippen molar-refractivity contribution in [2.24, 2.45) is 5.92 Å². The smallest absolute Gasteiger partial charge is 0.0781 e. The maximum atomic E-state index is 9.71. The molecule has 2 atom stereocenters. The summed E-state index contributed by atoms with van der Waals surface area (Å²) in [5.74, 6) is 0.469. The van der Waals surface area contributed by atoms with Gasteiger partial charge >= 0.3 is 0 Å². The number of anilines is 1. The van der Waals surface area contributed by atoms with Crippen molar-refractivity contribution in [3.05, 3.63) is 29.8 Å². The molecule has 0 aromatic heterocycles. The molecule has 0 heterocycles. The molecule has 0 radical (unpaired) electrons. The second-order valence-electron chi connectivity index (χ2n) is 4.71. The number of nitrogens with one attached hydrogen (secondary N) is 1. The highest BCUT2D eigenvalue weighted by Crippen LogP contribution is 2.24. The Balaban J connectivity index is 2.85. The number of hydrogen-bond donors (Lipinski definition) is 2. The van der Waals surface area contributed by atoms with Crippen LogP contribution in [0.3, 0.4) is 0 Å². The molecule has 0 bridgehead atoms. The lowest BCUT2D eigenvalue weighted by atomic mass is 10.0. The number of hydrogen-bond acceptors (Lipinski definition) is 3. The van der Waals surface area contributed by atoms with Crippen LogP contribution in [0.25, 0.3) is 0 Å². The van der Waals surface area contributed by atoms with Crippen molar-refractivity contribution < 1.29 is 9.84 Å². The molecule has 0 saturated heterocycles. The molecule has 1 aromatic carbocycles. The molecule has 3 nitrogen and oxygen atoms in total. The minimum Gasteiger partial charge on any atom is -0.389 e. The SMILES string of the molecule is COCC(Nc1ccccc1C(C)O)C(C)C. The summed E-state index contributed by atoms with van der Waals surface area (Å²) in [5, 5.41) is 13.2. The minimum atomic E-state index is -0.464. The fourth-order valence-corrected chi connectivity index (χ4v) is 1.77. The molecule has 96 valence electrons. The number of ether oxygens (including phenoxy) is 1. The van der Waals surface area contributed by atoms with Gasteiger partial charge < -0.3 is 15.2 Å². The lowest BCUT2D eigenvalue weighted by Crippen LogP contribution is -2.30. The Morgan fingerprint density at radius 2 is 1.88 bits per heavy atom. The molecule has 0 amide bonds. The highest BCUT2D eigenvalue weighted by atomic mass is 16.5. The van der Waals surface area contributed by atoms with Gasteiger partial charge in [-0.3, -0.25) is 0 Å². The van der Waals surface area contributed by atoms with Crippen molar-refractivity contribution in [3.63, 3.8) is 0 Å². The van der Waals surface area contributed by atoms with Gasteiger partial charge in [0.1, 0.15) is 0 Å². The van der Waals surface area contributed by atoms with Crippen LogP contribution in [0.1, 0.15) is 32.4 Å². The fraction of sp³-hybridized carbons (Fsp3) is 0.571. The van der Waals surface area contributed by atoms with Crippen molar-refractivity contribution in [2.75, 3.05) is 19.0 Å². The van der Waals surface area contributed by atoms with Crippen LogP contribution in [0.4, 0.5) is 5.69 Å². The lowest BCUT2D eigenvalue weighted by Gasteiger charge is -2.24. The summed E-state index contributed by atoms with van der Waals surface area (Å²) in [7, 11) is 1.71. The zero-order valence-corrected chi connectivity index (χ0v) is 11.1. The van der Waals surface area contributed by atoms with Gasteiger partial charge in [0.05, 0.1) is 18.8 Å². The summed E-state index contributed by atoms with van der Waals surface area (Å²) in [6.07, 6.45) is -0.464. The van der Waals surface area contributed by atoms with Gasteiger partial charge in [-0.15, -0.1) is 0 Å². The van der Waals surface area contributed by atoms with Crippen molar-refractivity contribution in [3.8, 4) is 0 Å². The third kappa shape index (κ3) is 4.02. The van der Waals surface area contributed by atoms with E-state index in [1.807, 2.05) is 24.3 Å². The Morgan fingerprint density at radius 1 is 1.24 bits per heavy atom. The molecule has 0 aliphatic heterocycles.